The van der Waals surface area contributed by atoms with Crippen molar-refractivity contribution in [1.82, 2.24) is 5.32 Å². The van der Waals surface area contributed by atoms with Crippen LogP contribution in [0.4, 0.5) is 11.4 Å². The monoisotopic (exact) mass is 465 g/mol. The average Bonchev–Trinajstić information content (AvgIpc) is 2.81. The zero-order valence-corrected chi connectivity index (χ0v) is 19.6. The van der Waals surface area contributed by atoms with Crippen molar-refractivity contribution >= 4 is 34.8 Å². The second-order valence-corrected chi connectivity index (χ2v) is 8.37. The molecule has 1 atom stereocenters. The van der Waals surface area contributed by atoms with Gasteiger partial charge < -0.3 is 20.7 Å². The maximum absolute atomic E-state index is 12.5. The van der Waals surface area contributed by atoms with Crippen LogP contribution in [0.2, 0.25) is 5.02 Å². The minimum absolute atomic E-state index is 0.0223. The molecule has 0 saturated heterocycles. The molecule has 172 valence electrons. The number of hydrogen-bond donors (Lipinski definition) is 3. The van der Waals surface area contributed by atoms with Crippen molar-refractivity contribution in [3.8, 4) is 5.75 Å². The Balaban J connectivity index is 1.56. The number of amides is 2. The Bertz CT molecular complexity index is 1080. The van der Waals surface area contributed by atoms with Crippen LogP contribution in [-0.4, -0.2) is 25.5 Å². The van der Waals surface area contributed by atoms with Crippen LogP contribution in [0.15, 0.2) is 72.8 Å². The predicted molar refractivity (Wildman–Crippen MR) is 133 cm³/mol. The summed E-state index contributed by atoms with van der Waals surface area (Å²) >= 11 is 5.98. The molecule has 1 unspecified atom stereocenters. The number of hydrogen-bond acceptors (Lipinski definition) is 4. The van der Waals surface area contributed by atoms with E-state index >= 15 is 0 Å². The third kappa shape index (κ3) is 6.81. The van der Waals surface area contributed by atoms with Crippen molar-refractivity contribution in [3.63, 3.8) is 0 Å². The molecule has 0 aliphatic heterocycles. The standard InChI is InChI=1S/C26H28ClN3O3/c1-17(2)25(18-8-12-20(27)13-9-18)28-16-24(31)29-21-14-10-19(11-15-21)26(32)30-22-6-4-5-7-23(22)33-3/h4-15,17,25,28H,16H2,1-3H3,(H,29,31)(H,30,32). The molecule has 3 aromatic rings. The van der Waals surface area contributed by atoms with Crippen molar-refractivity contribution < 1.29 is 14.3 Å². The van der Waals surface area contributed by atoms with Crippen LogP contribution in [0, 0.1) is 5.92 Å². The fraction of sp³-hybridized carbons (Fsp3) is 0.231. The Labute approximate surface area is 199 Å². The zero-order chi connectivity index (χ0) is 23.8. The van der Waals surface area contributed by atoms with Crippen LogP contribution in [0.3, 0.4) is 0 Å². The van der Waals surface area contributed by atoms with Gasteiger partial charge in [0.2, 0.25) is 5.91 Å². The van der Waals surface area contributed by atoms with Crippen LogP contribution in [-0.2, 0) is 4.79 Å². The van der Waals surface area contributed by atoms with Crippen LogP contribution in [0.1, 0.15) is 35.8 Å². The first-order valence-corrected chi connectivity index (χ1v) is 11.1. The summed E-state index contributed by atoms with van der Waals surface area (Å²) in [6.45, 7) is 4.35. The van der Waals surface area contributed by atoms with Gasteiger partial charge in [-0.25, -0.2) is 0 Å². The first-order chi connectivity index (χ1) is 15.9. The topological polar surface area (TPSA) is 79.5 Å². The van der Waals surface area contributed by atoms with Crippen LogP contribution >= 0.6 is 11.6 Å². The maximum atomic E-state index is 12.5. The lowest BCUT2D eigenvalue weighted by atomic mass is 9.96. The van der Waals surface area contributed by atoms with Crippen LogP contribution in [0.25, 0.3) is 0 Å². The third-order valence-corrected chi connectivity index (χ3v) is 5.42. The Morgan fingerprint density at radius 3 is 2.21 bits per heavy atom. The lowest BCUT2D eigenvalue weighted by Crippen LogP contribution is -2.33. The molecule has 0 heterocycles. The van der Waals surface area contributed by atoms with E-state index in [0.29, 0.717) is 33.6 Å². The molecule has 3 rings (SSSR count). The number of anilines is 2. The van der Waals surface area contributed by atoms with Crippen molar-refractivity contribution in [2.45, 2.75) is 19.9 Å². The molecule has 0 spiro atoms. The van der Waals surface area contributed by atoms with Gasteiger partial charge in [0.25, 0.3) is 5.91 Å². The molecule has 33 heavy (non-hydrogen) atoms. The van der Waals surface area contributed by atoms with Gasteiger partial charge in [0.05, 0.1) is 19.3 Å². The summed E-state index contributed by atoms with van der Waals surface area (Å²) in [6.07, 6.45) is 0. The molecule has 6 nitrogen and oxygen atoms in total. The van der Waals surface area contributed by atoms with Gasteiger partial charge in [0.15, 0.2) is 0 Å². The van der Waals surface area contributed by atoms with Crippen molar-refractivity contribution in [2.24, 2.45) is 5.92 Å². The minimum Gasteiger partial charge on any atom is -0.495 e. The van der Waals surface area contributed by atoms with Gasteiger partial charge in [-0.05, 0) is 60.0 Å². The molecule has 0 aromatic heterocycles. The highest BCUT2D eigenvalue weighted by Crippen LogP contribution is 2.24. The molecule has 2 amide bonds. The summed E-state index contributed by atoms with van der Waals surface area (Å²) in [5.41, 5.74) is 2.75. The maximum Gasteiger partial charge on any atom is 0.255 e. The number of benzene rings is 3. The van der Waals surface area contributed by atoms with Crippen LogP contribution in [0.5, 0.6) is 5.75 Å². The van der Waals surface area contributed by atoms with Crippen molar-refractivity contribution in [3.05, 3.63) is 88.9 Å². The SMILES string of the molecule is COc1ccccc1NC(=O)c1ccc(NC(=O)CNC(c2ccc(Cl)cc2)C(C)C)cc1. The Hall–Kier alpha value is -3.35. The van der Waals surface area contributed by atoms with E-state index in [1.807, 2.05) is 36.4 Å². The molecule has 0 fully saturated rings. The first-order valence-electron chi connectivity index (χ1n) is 10.7. The average molecular weight is 466 g/mol. The van der Waals surface area contributed by atoms with Gasteiger partial charge in [0, 0.05) is 22.3 Å². The molecule has 0 radical (unpaired) electrons. The highest BCUT2D eigenvalue weighted by atomic mass is 35.5. The van der Waals surface area contributed by atoms with Crippen molar-refractivity contribution in [1.29, 1.82) is 0 Å². The van der Waals surface area contributed by atoms with Gasteiger partial charge in [-0.2, -0.15) is 0 Å². The fourth-order valence-corrected chi connectivity index (χ4v) is 3.59. The van der Waals surface area contributed by atoms with E-state index in [1.165, 1.54) is 0 Å². The molecule has 0 bridgehead atoms. The smallest absolute Gasteiger partial charge is 0.255 e. The van der Waals surface area contributed by atoms with E-state index in [4.69, 9.17) is 16.3 Å². The zero-order valence-electron chi connectivity index (χ0n) is 18.9. The molecular formula is C26H28ClN3O3. The quantitative estimate of drug-likeness (QED) is 0.388. The number of ether oxygens (including phenoxy) is 1. The molecule has 3 N–H and O–H groups in total. The van der Waals surface area contributed by atoms with Gasteiger partial charge in [-0.3, -0.25) is 9.59 Å². The Morgan fingerprint density at radius 1 is 0.909 bits per heavy atom. The number of nitrogens with one attached hydrogen (secondary N) is 3. The molecule has 0 saturated carbocycles. The summed E-state index contributed by atoms with van der Waals surface area (Å²) in [5, 5.41) is 9.68. The van der Waals surface area contributed by atoms with E-state index in [-0.39, 0.29) is 24.4 Å². The molecular weight excluding hydrogens is 438 g/mol. The van der Waals surface area contributed by atoms with Gasteiger partial charge in [-0.15, -0.1) is 0 Å². The second kappa shape index (κ2) is 11.5. The predicted octanol–water partition coefficient (Wildman–Crippen LogP) is 5.53. The van der Waals surface area contributed by atoms with E-state index in [2.05, 4.69) is 29.8 Å². The second-order valence-electron chi connectivity index (χ2n) is 7.93. The van der Waals surface area contributed by atoms with Gasteiger partial charge >= 0.3 is 0 Å². The number of para-hydroxylation sites is 2. The largest absolute Gasteiger partial charge is 0.495 e. The number of carbonyl (C=O) groups is 2. The number of carbonyl (C=O) groups excluding carboxylic acids is 2. The van der Waals surface area contributed by atoms with E-state index in [9.17, 15) is 9.59 Å². The van der Waals surface area contributed by atoms with E-state index in [0.717, 1.165) is 5.56 Å². The fourth-order valence-electron chi connectivity index (χ4n) is 3.46. The van der Waals surface area contributed by atoms with E-state index in [1.54, 1.807) is 43.5 Å². The summed E-state index contributed by atoms with van der Waals surface area (Å²) in [7, 11) is 1.55. The molecule has 7 heteroatoms. The van der Waals surface area contributed by atoms with Gasteiger partial charge in [-0.1, -0.05) is 49.7 Å². The van der Waals surface area contributed by atoms with Crippen LogP contribution < -0.4 is 20.7 Å². The highest BCUT2D eigenvalue weighted by molar-refractivity contribution is 6.30. The summed E-state index contributed by atoms with van der Waals surface area (Å²) < 4.78 is 5.26. The summed E-state index contributed by atoms with van der Waals surface area (Å²) in [4.78, 5) is 25.0. The number of halogens is 1. The molecule has 0 aliphatic rings. The number of rotatable bonds is 9. The van der Waals surface area contributed by atoms with E-state index < -0.39 is 0 Å². The third-order valence-electron chi connectivity index (χ3n) is 5.16. The molecule has 0 aliphatic carbocycles. The van der Waals surface area contributed by atoms with Crippen molar-refractivity contribution in [2.75, 3.05) is 24.3 Å². The lowest BCUT2D eigenvalue weighted by Gasteiger charge is -2.23. The summed E-state index contributed by atoms with van der Waals surface area (Å²) in [6, 6.07) is 21.6. The molecule has 3 aromatic carbocycles. The number of methoxy groups -OCH3 is 1. The van der Waals surface area contributed by atoms with Gasteiger partial charge in [0.1, 0.15) is 5.75 Å². The minimum atomic E-state index is -0.262. The summed E-state index contributed by atoms with van der Waals surface area (Å²) in [5.74, 6) is 0.447. The lowest BCUT2D eigenvalue weighted by molar-refractivity contribution is -0.115. The highest BCUT2D eigenvalue weighted by Gasteiger charge is 2.17. The normalized spacial score (nSPS) is 11.7. The Kier molecular flexibility index (Phi) is 8.46. The first kappa shape index (κ1) is 24.3. The Morgan fingerprint density at radius 2 is 1.58 bits per heavy atom.